The second-order valence-electron chi connectivity index (χ2n) is 4.87. The second-order valence-corrected chi connectivity index (χ2v) is 4.87. The Balaban J connectivity index is 1.77. The molecule has 3 rings (SSSR count). The van der Waals surface area contributed by atoms with Gasteiger partial charge in [0.25, 0.3) is 0 Å². The van der Waals surface area contributed by atoms with E-state index < -0.39 is 0 Å². The summed E-state index contributed by atoms with van der Waals surface area (Å²) in [6.07, 6.45) is 0.269. The minimum Gasteiger partial charge on any atom is -0.377 e. The van der Waals surface area contributed by atoms with Gasteiger partial charge in [-0.25, -0.2) is 4.39 Å². The SMILES string of the molecule is COCc1noc(C2CC(=O)N(c3cccc(F)c3)C2)n1. The van der Waals surface area contributed by atoms with Crippen LogP contribution >= 0.6 is 0 Å². The average molecular weight is 291 g/mol. The number of rotatable bonds is 4. The summed E-state index contributed by atoms with van der Waals surface area (Å²) in [5, 5.41) is 3.79. The van der Waals surface area contributed by atoms with Crippen LogP contribution in [0, 0.1) is 5.82 Å². The Hall–Kier alpha value is -2.28. The van der Waals surface area contributed by atoms with E-state index >= 15 is 0 Å². The lowest BCUT2D eigenvalue weighted by atomic mass is 10.1. The molecule has 0 aliphatic carbocycles. The molecule has 1 aliphatic heterocycles. The van der Waals surface area contributed by atoms with Crippen LogP contribution in [0.3, 0.4) is 0 Å². The standard InChI is InChI=1S/C14H14FN3O3/c1-20-8-12-16-14(21-17-12)9-5-13(19)18(7-9)11-4-2-3-10(15)6-11/h2-4,6,9H,5,7-8H2,1H3. The van der Waals surface area contributed by atoms with Crippen LogP contribution in [0.5, 0.6) is 0 Å². The highest BCUT2D eigenvalue weighted by Crippen LogP contribution is 2.31. The highest BCUT2D eigenvalue weighted by Gasteiger charge is 2.35. The van der Waals surface area contributed by atoms with Crippen LogP contribution in [0.4, 0.5) is 10.1 Å². The van der Waals surface area contributed by atoms with Crippen molar-refractivity contribution in [2.24, 2.45) is 0 Å². The fourth-order valence-corrected chi connectivity index (χ4v) is 2.39. The van der Waals surface area contributed by atoms with Gasteiger partial charge in [-0.3, -0.25) is 4.79 Å². The first-order valence-electron chi connectivity index (χ1n) is 6.54. The van der Waals surface area contributed by atoms with Gasteiger partial charge in [0.1, 0.15) is 12.4 Å². The van der Waals surface area contributed by atoms with E-state index in [1.54, 1.807) is 19.2 Å². The minimum absolute atomic E-state index is 0.0860. The van der Waals surface area contributed by atoms with Crippen LogP contribution in [0.2, 0.25) is 0 Å². The van der Waals surface area contributed by atoms with Crippen LogP contribution in [-0.2, 0) is 16.1 Å². The van der Waals surface area contributed by atoms with Crippen LogP contribution in [0.1, 0.15) is 24.1 Å². The normalized spacial score (nSPS) is 18.5. The molecule has 1 aromatic heterocycles. The third-order valence-electron chi connectivity index (χ3n) is 3.35. The maximum atomic E-state index is 13.3. The zero-order valence-corrected chi connectivity index (χ0v) is 11.5. The number of methoxy groups -OCH3 is 1. The van der Waals surface area contributed by atoms with Crippen molar-refractivity contribution in [3.63, 3.8) is 0 Å². The van der Waals surface area contributed by atoms with E-state index in [1.165, 1.54) is 17.0 Å². The molecule has 7 heteroatoms. The molecule has 1 amide bonds. The van der Waals surface area contributed by atoms with Gasteiger partial charge in [0.15, 0.2) is 5.82 Å². The number of hydrogen-bond donors (Lipinski definition) is 0. The fourth-order valence-electron chi connectivity index (χ4n) is 2.39. The molecular formula is C14H14FN3O3. The molecule has 6 nitrogen and oxygen atoms in total. The molecule has 21 heavy (non-hydrogen) atoms. The number of carbonyl (C=O) groups excluding carboxylic acids is 1. The number of carbonyl (C=O) groups is 1. The summed E-state index contributed by atoms with van der Waals surface area (Å²) in [7, 11) is 1.54. The van der Waals surface area contributed by atoms with E-state index in [2.05, 4.69) is 10.1 Å². The van der Waals surface area contributed by atoms with E-state index in [-0.39, 0.29) is 30.7 Å². The minimum atomic E-state index is -0.371. The molecule has 1 aliphatic rings. The maximum absolute atomic E-state index is 13.3. The molecule has 110 valence electrons. The Morgan fingerprint density at radius 2 is 2.38 bits per heavy atom. The Morgan fingerprint density at radius 1 is 1.52 bits per heavy atom. The summed E-state index contributed by atoms with van der Waals surface area (Å²) in [5.41, 5.74) is 0.541. The molecule has 1 fully saturated rings. The van der Waals surface area contributed by atoms with Crippen LogP contribution < -0.4 is 4.90 Å². The average Bonchev–Trinajstić information content (AvgIpc) is 3.06. The van der Waals surface area contributed by atoms with Crippen molar-refractivity contribution in [3.05, 3.63) is 41.8 Å². The summed E-state index contributed by atoms with van der Waals surface area (Å²) < 4.78 is 23.4. The number of ether oxygens (including phenoxy) is 1. The summed E-state index contributed by atoms with van der Waals surface area (Å²) >= 11 is 0. The molecule has 1 aromatic carbocycles. The number of halogens is 1. The molecule has 1 atom stereocenters. The first-order chi connectivity index (χ1) is 10.2. The Morgan fingerprint density at radius 3 is 3.14 bits per heavy atom. The van der Waals surface area contributed by atoms with Crippen molar-refractivity contribution in [2.75, 3.05) is 18.6 Å². The van der Waals surface area contributed by atoms with Crippen molar-refractivity contribution in [1.82, 2.24) is 10.1 Å². The highest BCUT2D eigenvalue weighted by molar-refractivity contribution is 5.96. The summed E-state index contributed by atoms with van der Waals surface area (Å²) in [6.45, 7) is 0.661. The van der Waals surface area contributed by atoms with Gasteiger partial charge in [0, 0.05) is 25.8 Å². The molecule has 0 radical (unpaired) electrons. The van der Waals surface area contributed by atoms with Gasteiger partial charge in [0.2, 0.25) is 11.8 Å². The smallest absolute Gasteiger partial charge is 0.232 e. The quantitative estimate of drug-likeness (QED) is 0.860. The number of amides is 1. The van der Waals surface area contributed by atoms with Crippen LogP contribution in [0.15, 0.2) is 28.8 Å². The Kier molecular flexibility index (Phi) is 3.66. The lowest BCUT2D eigenvalue weighted by Gasteiger charge is -2.15. The van der Waals surface area contributed by atoms with Crippen molar-refractivity contribution in [1.29, 1.82) is 0 Å². The van der Waals surface area contributed by atoms with E-state index in [0.29, 0.717) is 23.9 Å². The van der Waals surface area contributed by atoms with Crippen molar-refractivity contribution in [2.45, 2.75) is 18.9 Å². The second kappa shape index (κ2) is 5.61. The number of benzene rings is 1. The van der Waals surface area contributed by atoms with Crippen molar-refractivity contribution < 1.29 is 18.4 Å². The molecule has 2 heterocycles. The van der Waals surface area contributed by atoms with Gasteiger partial charge in [0.05, 0.1) is 5.92 Å². The number of nitrogens with zero attached hydrogens (tertiary/aromatic N) is 3. The van der Waals surface area contributed by atoms with Crippen LogP contribution in [0.25, 0.3) is 0 Å². The third kappa shape index (κ3) is 2.78. The zero-order chi connectivity index (χ0) is 14.8. The molecular weight excluding hydrogens is 277 g/mol. The third-order valence-corrected chi connectivity index (χ3v) is 3.35. The van der Waals surface area contributed by atoms with E-state index in [4.69, 9.17) is 9.26 Å². The molecule has 1 saturated heterocycles. The van der Waals surface area contributed by atoms with Crippen molar-refractivity contribution in [3.8, 4) is 0 Å². The predicted octanol–water partition coefficient (Wildman–Crippen LogP) is 1.88. The van der Waals surface area contributed by atoms with Crippen molar-refractivity contribution >= 4 is 11.6 Å². The largest absolute Gasteiger partial charge is 0.377 e. The molecule has 0 spiro atoms. The number of hydrogen-bond acceptors (Lipinski definition) is 5. The first-order valence-corrected chi connectivity index (χ1v) is 6.54. The Labute approximate surface area is 120 Å². The number of aromatic nitrogens is 2. The molecule has 1 unspecified atom stereocenters. The van der Waals surface area contributed by atoms with E-state index in [0.717, 1.165) is 0 Å². The molecule has 0 saturated carbocycles. The highest BCUT2D eigenvalue weighted by atomic mass is 19.1. The van der Waals surface area contributed by atoms with Gasteiger partial charge in [-0.05, 0) is 18.2 Å². The van der Waals surface area contributed by atoms with E-state index in [9.17, 15) is 9.18 Å². The maximum Gasteiger partial charge on any atom is 0.232 e. The van der Waals surface area contributed by atoms with Gasteiger partial charge in [-0.2, -0.15) is 4.98 Å². The fraction of sp³-hybridized carbons (Fsp3) is 0.357. The van der Waals surface area contributed by atoms with Gasteiger partial charge in [-0.1, -0.05) is 11.2 Å². The van der Waals surface area contributed by atoms with Gasteiger partial charge < -0.3 is 14.2 Å². The zero-order valence-electron chi connectivity index (χ0n) is 11.5. The summed E-state index contributed by atoms with van der Waals surface area (Å²) in [4.78, 5) is 17.8. The molecule has 0 bridgehead atoms. The monoisotopic (exact) mass is 291 g/mol. The Bertz CT molecular complexity index is 658. The summed E-state index contributed by atoms with van der Waals surface area (Å²) in [6, 6.07) is 5.96. The topological polar surface area (TPSA) is 68.5 Å². The molecule has 0 N–H and O–H groups in total. The van der Waals surface area contributed by atoms with Gasteiger partial charge in [-0.15, -0.1) is 0 Å². The first kappa shape index (κ1) is 13.7. The van der Waals surface area contributed by atoms with Gasteiger partial charge >= 0.3 is 0 Å². The molecule has 2 aromatic rings. The number of anilines is 1. The lowest BCUT2D eigenvalue weighted by molar-refractivity contribution is -0.117. The predicted molar refractivity (Wildman–Crippen MR) is 71.1 cm³/mol. The summed E-state index contributed by atoms with van der Waals surface area (Å²) in [5.74, 6) is 0.221. The van der Waals surface area contributed by atoms with E-state index in [1.807, 2.05) is 0 Å². The lowest BCUT2D eigenvalue weighted by Crippen LogP contribution is -2.24. The van der Waals surface area contributed by atoms with Crippen LogP contribution in [-0.4, -0.2) is 29.7 Å².